The zero-order chi connectivity index (χ0) is 13.7. The van der Waals surface area contributed by atoms with Crippen LogP contribution in [0.2, 0.25) is 0 Å². The number of hydrogen-bond acceptors (Lipinski definition) is 4. The summed E-state index contributed by atoms with van der Waals surface area (Å²) in [6.07, 6.45) is 4.74. The first kappa shape index (κ1) is 13.2. The second-order valence-electron chi connectivity index (χ2n) is 3.65. The van der Waals surface area contributed by atoms with Crippen molar-refractivity contribution < 1.29 is 9.90 Å². The van der Waals surface area contributed by atoms with Gasteiger partial charge in [-0.2, -0.15) is 5.10 Å². The van der Waals surface area contributed by atoms with E-state index in [2.05, 4.69) is 31.4 Å². The molecule has 96 valence electrons. The molecule has 0 atom stereocenters. The molecule has 1 amide bonds. The van der Waals surface area contributed by atoms with Gasteiger partial charge < -0.3 is 5.11 Å². The standard InChI is InChI=1S/C13H10BrN3O2/c14-10-3-4-11(12(18)6-10)13(19)17-16-8-9-2-1-5-15-7-9/h1-8,18H,(H,17,19)/b16-8-. The van der Waals surface area contributed by atoms with Crippen molar-refractivity contribution in [3.63, 3.8) is 0 Å². The number of phenols is 1. The molecule has 0 fully saturated rings. The highest BCUT2D eigenvalue weighted by molar-refractivity contribution is 9.10. The molecule has 2 aromatic rings. The fraction of sp³-hybridized carbons (Fsp3) is 0. The third-order valence-electron chi connectivity index (χ3n) is 2.27. The molecule has 2 rings (SSSR count). The highest BCUT2D eigenvalue weighted by atomic mass is 79.9. The molecular formula is C13H10BrN3O2. The van der Waals surface area contributed by atoms with Crippen LogP contribution >= 0.6 is 15.9 Å². The predicted octanol–water partition coefficient (Wildman–Crippen LogP) is 2.31. The lowest BCUT2D eigenvalue weighted by atomic mass is 10.2. The molecule has 19 heavy (non-hydrogen) atoms. The smallest absolute Gasteiger partial charge is 0.275 e. The number of halogens is 1. The van der Waals surface area contributed by atoms with Crippen molar-refractivity contribution in [2.75, 3.05) is 0 Å². The third-order valence-corrected chi connectivity index (χ3v) is 2.76. The van der Waals surface area contributed by atoms with E-state index in [0.29, 0.717) is 4.47 Å². The number of carbonyl (C=O) groups excluding carboxylic acids is 1. The Labute approximate surface area is 118 Å². The van der Waals surface area contributed by atoms with Crippen molar-refractivity contribution in [3.05, 3.63) is 58.3 Å². The van der Waals surface area contributed by atoms with E-state index in [0.717, 1.165) is 5.56 Å². The Morgan fingerprint density at radius 3 is 2.95 bits per heavy atom. The minimum absolute atomic E-state index is 0.108. The van der Waals surface area contributed by atoms with Gasteiger partial charge in [-0.25, -0.2) is 5.43 Å². The molecule has 0 aliphatic carbocycles. The highest BCUT2D eigenvalue weighted by Gasteiger charge is 2.09. The van der Waals surface area contributed by atoms with E-state index in [1.807, 2.05) is 0 Å². The number of phenolic OH excluding ortho intramolecular Hbond substituents is 1. The van der Waals surface area contributed by atoms with Gasteiger partial charge in [-0.15, -0.1) is 0 Å². The molecule has 0 aliphatic heterocycles. The molecule has 0 unspecified atom stereocenters. The Kier molecular flexibility index (Phi) is 4.25. The maximum absolute atomic E-state index is 11.8. The zero-order valence-corrected chi connectivity index (χ0v) is 11.3. The average Bonchev–Trinajstić information content (AvgIpc) is 2.39. The molecule has 0 radical (unpaired) electrons. The fourth-order valence-electron chi connectivity index (χ4n) is 1.37. The number of hydrogen-bond donors (Lipinski definition) is 2. The SMILES string of the molecule is O=C(N/N=C\c1cccnc1)c1ccc(Br)cc1O. The summed E-state index contributed by atoms with van der Waals surface area (Å²) in [6.45, 7) is 0. The number of hydrazone groups is 1. The van der Waals surface area contributed by atoms with E-state index in [1.165, 1.54) is 18.3 Å². The first-order chi connectivity index (χ1) is 9.16. The van der Waals surface area contributed by atoms with Crippen LogP contribution in [0.5, 0.6) is 5.75 Å². The lowest BCUT2D eigenvalue weighted by Gasteiger charge is -2.03. The molecule has 0 bridgehead atoms. The summed E-state index contributed by atoms with van der Waals surface area (Å²) in [5, 5.41) is 13.4. The van der Waals surface area contributed by atoms with E-state index < -0.39 is 5.91 Å². The molecule has 1 aromatic carbocycles. The van der Waals surface area contributed by atoms with Crippen LogP contribution in [0, 0.1) is 0 Å². The summed E-state index contributed by atoms with van der Waals surface area (Å²) in [6, 6.07) is 8.19. The Hall–Kier alpha value is -2.21. The fourth-order valence-corrected chi connectivity index (χ4v) is 1.72. The van der Waals surface area contributed by atoms with E-state index in [1.54, 1.807) is 30.6 Å². The Morgan fingerprint density at radius 2 is 2.26 bits per heavy atom. The first-order valence-corrected chi connectivity index (χ1v) is 6.18. The number of aromatic hydroxyl groups is 1. The van der Waals surface area contributed by atoms with Gasteiger partial charge in [-0.1, -0.05) is 22.0 Å². The molecule has 5 nitrogen and oxygen atoms in total. The normalized spacial score (nSPS) is 10.6. The van der Waals surface area contributed by atoms with E-state index in [-0.39, 0.29) is 11.3 Å². The average molecular weight is 320 g/mol. The molecule has 1 heterocycles. The topological polar surface area (TPSA) is 74.6 Å². The number of amides is 1. The highest BCUT2D eigenvalue weighted by Crippen LogP contribution is 2.21. The molecule has 2 N–H and O–H groups in total. The van der Waals surface area contributed by atoms with Crippen LogP contribution in [0.3, 0.4) is 0 Å². The summed E-state index contributed by atoms with van der Waals surface area (Å²) in [5.74, 6) is -0.589. The Morgan fingerprint density at radius 1 is 1.42 bits per heavy atom. The monoisotopic (exact) mass is 319 g/mol. The van der Waals surface area contributed by atoms with Gasteiger partial charge in [0.05, 0.1) is 11.8 Å². The Balaban J connectivity index is 2.04. The zero-order valence-electron chi connectivity index (χ0n) is 9.75. The van der Waals surface area contributed by atoms with Gasteiger partial charge in [0.25, 0.3) is 5.91 Å². The van der Waals surface area contributed by atoms with E-state index >= 15 is 0 Å². The van der Waals surface area contributed by atoms with Crippen LogP contribution in [0.1, 0.15) is 15.9 Å². The van der Waals surface area contributed by atoms with Crippen LogP contribution in [-0.4, -0.2) is 22.2 Å². The van der Waals surface area contributed by atoms with Crippen LogP contribution < -0.4 is 5.43 Å². The van der Waals surface area contributed by atoms with Crippen LogP contribution in [-0.2, 0) is 0 Å². The summed E-state index contributed by atoms with van der Waals surface area (Å²) in [7, 11) is 0. The van der Waals surface area contributed by atoms with Crippen LogP contribution in [0.15, 0.2) is 52.3 Å². The van der Waals surface area contributed by atoms with Gasteiger partial charge in [0.15, 0.2) is 0 Å². The van der Waals surface area contributed by atoms with Crippen molar-refractivity contribution in [1.82, 2.24) is 10.4 Å². The number of nitrogens with zero attached hydrogens (tertiary/aromatic N) is 2. The number of rotatable bonds is 3. The van der Waals surface area contributed by atoms with Crippen molar-refractivity contribution >= 4 is 28.1 Å². The minimum atomic E-state index is -0.481. The molecule has 0 saturated heterocycles. The first-order valence-electron chi connectivity index (χ1n) is 5.39. The lowest BCUT2D eigenvalue weighted by molar-refractivity contribution is 0.0952. The van der Waals surface area contributed by atoms with Gasteiger partial charge >= 0.3 is 0 Å². The van der Waals surface area contributed by atoms with Crippen molar-refractivity contribution in [1.29, 1.82) is 0 Å². The quantitative estimate of drug-likeness (QED) is 0.673. The summed E-state index contributed by atoms with van der Waals surface area (Å²) >= 11 is 3.20. The second kappa shape index (κ2) is 6.10. The summed E-state index contributed by atoms with van der Waals surface area (Å²) < 4.78 is 0.695. The molecule has 0 aliphatic rings. The summed E-state index contributed by atoms with van der Waals surface area (Å²) in [5.41, 5.74) is 3.26. The number of aromatic nitrogens is 1. The maximum atomic E-state index is 11.8. The minimum Gasteiger partial charge on any atom is -0.507 e. The molecule has 6 heteroatoms. The maximum Gasteiger partial charge on any atom is 0.275 e. The number of pyridine rings is 1. The van der Waals surface area contributed by atoms with Gasteiger partial charge in [-0.05, 0) is 24.3 Å². The molecular weight excluding hydrogens is 310 g/mol. The second-order valence-corrected chi connectivity index (χ2v) is 4.56. The summed E-state index contributed by atoms with van der Waals surface area (Å²) in [4.78, 5) is 15.7. The van der Waals surface area contributed by atoms with Crippen molar-refractivity contribution in [2.24, 2.45) is 5.10 Å². The number of nitrogens with one attached hydrogen (secondary N) is 1. The Bertz CT molecular complexity index is 615. The third kappa shape index (κ3) is 3.62. The van der Waals surface area contributed by atoms with Crippen molar-refractivity contribution in [2.45, 2.75) is 0 Å². The largest absolute Gasteiger partial charge is 0.507 e. The molecule has 1 aromatic heterocycles. The molecule has 0 spiro atoms. The van der Waals surface area contributed by atoms with Gasteiger partial charge in [0.2, 0.25) is 0 Å². The van der Waals surface area contributed by atoms with Crippen LogP contribution in [0.25, 0.3) is 0 Å². The van der Waals surface area contributed by atoms with Crippen molar-refractivity contribution in [3.8, 4) is 5.75 Å². The van der Waals surface area contributed by atoms with Gasteiger partial charge in [-0.3, -0.25) is 9.78 Å². The lowest BCUT2D eigenvalue weighted by Crippen LogP contribution is -2.17. The predicted molar refractivity (Wildman–Crippen MR) is 75.1 cm³/mol. The van der Waals surface area contributed by atoms with Crippen LogP contribution in [0.4, 0.5) is 0 Å². The molecule has 0 saturated carbocycles. The van der Waals surface area contributed by atoms with E-state index in [4.69, 9.17) is 0 Å². The number of carbonyl (C=O) groups is 1. The number of benzene rings is 1. The van der Waals surface area contributed by atoms with Gasteiger partial charge in [0, 0.05) is 22.4 Å². The van der Waals surface area contributed by atoms with E-state index in [9.17, 15) is 9.90 Å². The van der Waals surface area contributed by atoms with Gasteiger partial charge in [0.1, 0.15) is 5.75 Å².